The minimum Gasteiger partial charge on any atom is -0.489 e. The first-order chi connectivity index (χ1) is 13.6. The molecule has 0 saturated carbocycles. The highest BCUT2D eigenvalue weighted by Crippen LogP contribution is 2.38. The number of nitrogens with one attached hydrogen (secondary N) is 2. The average Bonchev–Trinajstić information content (AvgIpc) is 3.02. The second-order valence-corrected chi connectivity index (χ2v) is 7.28. The van der Waals surface area contributed by atoms with E-state index in [0.717, 1.165) is 30.0 Å². The van der Waals surface area contributed by atoms with Crippen LogP contribution in [0, 0.1) is 0 Å². The molecule has 0 radical (unpaired) electrons. The topological polar surface area (TPSA) is 80.9 Å². The SMILES string of the molecule is CCNC(=NCc1cc(Cl)c2c(c1)OCCCO2)NCc1cc(C(C)C)no1. The number of nitrogens with zero attached hydrogens (tertiary/aromatic N) is 2. The van der Waals surface area contributed by atoms with Crippen LogP contribution >= 0.6 is 11.6 Å². The van der Waals surface area contributed by atoms with Crippen LogP contribution in [0.1, 0.15) is 50.1 Å². The molecule has 2 aromatic rings. The first-order valence-corrected chi connectivity index (χ1v) is 10.00. The average molecular weight is 407 g/mol. The van der Waals surface area contributed by atoms with Crippen molar-refractivity contribution in [2.45, 2.75) is 46.2 Å². The second kappa shape index (κ2) is 9.68. The van der Waals surface area contributed by atoms with E-state index in [1.54, 1.807) is 0 Å². The molecule has 1 aromatic heterocycles. The van der Waals surface area contributed by atoms with Crippen molar-refractivity contribution in [1.29, 1.82) is 0 Å². The highest BCUT2D eigenvalue weighted by molar-refractivity contribution is 6.32. The summed E-state index contributed by atoms with van der Waals surface area (Å²) in [7, 11) is 0. The van der Waals surface area contributed by atoms with Crippen molar-refractivity contribution >= 4 is 17.6 Å². The fraction of sp³-hybridized carbons (Fsp3) is 0.500. The lowest BCUT2D eigenvalue weighted by Crippen LogP contribution is -2.36. The number of ether oxygens (including phenoxy) is 2. The Morgan fingerprint density at radius 1 is 1.21 bits per heavy atom. The highest BCUT2D eigenvalue weighted by Gasteiger charge is 2.15. The number of benzene rings is 1. The number of hydrogen-bond donors (Lipinski definition) is 2. The van der Waals surface area contributed by atoms with E-state index >= 15 is 0 Å². The highest BCUT2D eigenvalue weighted by atomic mass is 35.5. The normalized spacial score (nSPS) is 14.1. The Kier molecular flexibility index (Phi) is 7.03. The number of aliphatic imine (C=N–C) groups is 1. The quantitative estimate of drug-likeness (QED) is 0.560. The molecule has 0 fully saturated rings. The zero-order valence-electron chi connectivity index (χ0n) is 16.5. The van der Waals surface area contributed by atoms with Crippen molar-refractivity contribution in [1.82, 2.24) is 15.8 Å². The summed E-state index contributed by atoms with van der Waals surface area (Å²) in [5.41, 5.74) is 1.90. The van der Waals surface area contributed by atoms with E-state index in [0.29, 0.717) is 54.7 Å². The lowest BCUT2D eigenvalue weighted by atomic mass is 10.1. The lowest BCUT2D eigenvalue weighted by Gasteiger charge is -2.12. The Hall–Kier alpha value is -2.41. The van der Waals surface area contributed by atoms with Gasteiger partial charge >= 0.3 is 0 Å². The van der Waals surface area contributed by atoms with Crippen molar-refractivity contribution < 1.29 is 14.0 Å². The molecule has 1 aliphatic rings. The summed E-state index contributed by atoms with van der Waals surface area (Å²) in [6, 6.07) is 5.77. The summed E-state index contributed by atoms with van der Waals surface area (Å²) < 4.78 is 16.8. The molecule has 3 rings (SSSR count). The van der Waals surface area contributed by atoms with Crippen LogP contribution in [-0.4, -0.2) is 30.9 Å². The van der Waals surface area contributed by atoms with Gasteiger partial charge in [-0.25, -0.2) is 4.99 Å². The fourth-order valence-corrected chi connectivity index (χ4v) is 3.03. The van der Waals surface area contributed by atoms with Gasteiger partial charge in [0.1, 0.15) is 0 Å². The van der Waals surface area contributed by atoms with E-state index < -0.39 is 0 Å². The summed E-state index contributed by atoms with van der Waals surface area (Å²) in [6.07, 6.45) is 0.840. The first-order valence-electron chi connectivity index (χ1n) is 9.62. The molecule has 0 spiro atoms. The van der Waals surface area contributed by atoms with Gasteiger partial charge in [-0.05, 0) is 30.5 Å². The minimum absolute atomic E-state index is 0.337. The zero-order chi connectivity index (χ0) is 19.9. The minimum atomic E-state index is 0.337. The Morgan fingerprint density at radius 2 is 2.04 bits per heavy atom. The summed E-state index contributed by atoms with van der Waals surface area (Å²) >= 11 is 6.36. The molecule has 0 bridgehead atoms. The number of rotatable bonds is 6. The van der Waals surface area contributed by atoms with Gasteiger partial charge < -0.3 is 24.6 Å². The Morgan fingerprint density at radius 3 is 2.79 bits per heavy atom. The monoisotopic (exact) mass is 406 g/mol. The molecular weight excluding hydrogens is 380 g/mol. The molecule has 1 aliphatic heterocycles. The van der Waals surface area contributed by atoms with Crippen molar-refractivity contribution in [2.75, 3.05) is 19.8 Å². The lowest BCUT2D eigenvalue weighted by molar-refractivity contribution is 0.297. The number of fused-ring (bicyclic) bond motifs is 1. The fourth-order valence-electron chi connectivity index (χ4n) is 2.74. The largest absolute Gasteiger partial charge is 0.489 e. The van der Waals surface area contributed by atoms with Crippen LogP contribution in [0.2, 0.25) is 5.02 Å². The molecule has 152 valence electrons. The first kappa shape index (κ1) is 20.3. The van der Waals surface area contributed by atoms with Crippen LogP contribution in [0.15, 0.2) is 27.7 Å². The van der Waals surface area contributed by atoms with Crippen molar-refractivity contribution in [3.05, 3.63) is 40.2 Å². The molecule has 1 aromatic carbocycles. The molecule has 0 unspecified atom stereocenters. The van der Waals surface area contributed by atoms with Crippen LogP contribution in [0.4, 0.5) is 0 Å². The third-order valence-corrected chi connectivity index (χ3v) is 4.51. The van der Waals surface area contributed by atoms with Gasteiger partial charge in [0.2, 0.25) is 0 Å². The molecule has 28 heavy (non-hydrogen) atoms. The summed E-state index contributed by atoms with van der Waals surface area (Å²) in [6.45, 7) is 9.14. The maximum absolute atomic E-state index is 6.36. The number of halogens is 1. The standard InChI is InChI=1S/C20H27ClN4O3/c1-4-22-20(24-12-15-10-17(13(2)3)25-28-15)23-11-14-8-16(21)19-18(9-14)26-6-5-7-27-19/h8-10,13H,4-7,11-12H2,1-3H3,(H2,22,23,24). The molecule has 0 aliphatic carbocycles. The second-order valence-electron chi connectivity index (χ2n) is 6.88. The third kappa shape index (κ3) is 5.32. The zero-order valence-corrected chi connectivity index (χ0v) is 17.3. The van der Waals surface area contributed by atoms with Crippen molar-refractivity contribution in [3.63, 3.8) is 0 Å². The van der Waals surface area contributed by atoms with E-state index in [9.17, 15) is 0 Å². The molecule has 7 nitrogen and oxygen atoms in total. The van der Waals surface area contributed by atoms with Crippen LogP contribution in [0.3, 0.4) is 0 Å². The van der Waals surface area contributed by atoms with E-state index in [4.69, 9.17) is 25.6 Å². The summed E-state index contributed by atoms with van der Waals surface area (Å²) in [4.78, 5) is 4.63. The van der Waals surface area contributed by atoms with Crippen LogP contribution in [-0.2, 0) is 13.1 Å². The van der Waals surface area contributed by atoms with E-state index in [1.165, 1.54) is 0 Å². The maximum Gasteiger partial charge on any atom is 0.191 e. The van der Waals surface area contributed by atoms with Crippen molar-refractivity contribution in [2.24, 2.45) is 4.99 Å². The summed E-state index contributed by atoms with van der Waals surface area (Å²) in [5.74, 6) is 3.09. The van der Waals surface area contributed by atoms with Gasteiger partial charge in [-0.3, -0.25) is 0 Å². The summed E-state index contributed by atoms with van der Waals surface area (Å²) in [5, 5.41) is 11.1. The molecule has 8 heteroatoms. The molecule has 2 heterocycles. The van der Waals surface area contributed by atoms with E-state index in [2.05, 4.69) is 34.6 Å². The Labute approximate surface area is 170 Å². The smallest absolute Gasteiger partial charge is 0.191 e. The number of guanidine groups is 1. The third-order valence-electron chi connectivity index (χ3n) is 4.22. The van der Waals surface area contributed by atoms with E-state index in [1.807, 2.05) is 25.1 Å². The Bertz CT molecular complexity index is 820. The molecule has 2 N–H and O–H groups in total. The van der Waals surface area contributed by atoms with Gasteiger partial charge in [0.25, 0.3) is 0 Å². The van der Waals surface area contributed by atoms with Crippen LogP contribution in [0.25, 0.3) is 0 Å². The van der Waals surface area contributed by atoms with Gasteiger partial charge in [-0.1, -0.05) is 30.6 Å². The predicted molar refractivity (Wildman–Crippen MR) is 109 cm³/mol. The molecule has 0 amide bonds. The number of aromatic nitrogens is 1. The maximum atomic E-state index is 6.36. The van der Waals surface area contributed by atoms with E-state index in [-0.39, 0.29) is 0 Å². The van der Waals surface area contributed by atoms with Gasteiger partial charge in [0.15, 0.2) is 23.2 Å². The predicted octanol–water partition coefficient (Wildman–Crippen LogP) is 3.87. The van der Waals surface area contributed by atoms with Gasteiger partial charge in [0.05, 0.1) is 37.0 Å². The van der Waals surface area contributed by atoms with Crippen molar-refractivity contribution in [3.8, 4) is 11.5 Å². The van der Waals surface area contributed by atoms with Gasteiger partial charge in [0, 0.05) is 19.0 Å². The van der Waals surface area contributed by atoms with Crippen LogP contribution < -0.4 is 20.1 Å². The molecule has 0 saturated heterocycles. The number of hydrogen-bond acceptors (Lipinski definition) is 5. The molecular formula is C20H27ClN4O3. The Balaban J connectivity index is 1.66. The van der Waals surface area contributed by atoms with Gasteiger partial charge in [-0.2, -0.15) is 0 Å². The molecule has 0 atom stereocenters. The van der Waals surface area contributed by atoms with Gasteiger partial charge in [-0.15, -0.1) is 0 Å². The van der Waals surface area contributed by atoms with Crippen LogP contribution in [0.5, 0.6) is 11.5 Å².